The number of amides is 2. The van der Waals surface area contributed by atoms with Crippen LogP contribution in [0.3, 0.4) is 0 Å². The molecule has 3 rings (SSSR count). The fourth-order valence-corrected chi connectivity index (χ4v) is 4.47. The Balaban J connectivity index is 1.54. The van der Waals surface area contributed by atoms with Crippen molar-refractivity contribution >= 4 is 21.8 Å². The Labute approximate surface area is 189 Å². The van der Waals surface area contributed by atoms with Gasteiger partial charge in [-0.05, 0) is 62.1 Å². The molecule has 0 bridgehead atoms. The summed E-state index contributed by atoms with van der Waals surface area (Å²) in [6.07, 6.45) is 2.71. The smallest absolute Gasteiger partial charge is 0.253 e. The Morgan fingerprint density at radius 1 is 1.09 bits per heavy atom. The predicted octanol–water partition coefficient (Wildman–Crippen LogP) is 2.77. The number of rotatable bonds is 8. The van der Waals surface area contributed by atoms with Gasteiger partial charge in [0.25, 0.3) is 5.91 Å². The minimum atomic E-state index is -3.72. The molecule has 1 aromatic heterocycles. The van der Waals surface area contributed by atoms with E-state index in [4.69, 9.17) is 4.42 Å². The largest absolute Gasteiger partial charge is 0.468 e. The van der Waals surface area contributed by atoms with Crippen LogP contribution in [-0.4, -0.2) is 44.3 Å². The first-order chi connectivity index (χ1) is 15.2. The van der Waals surface area contributed by atoms with Gasteiger partial charge in [-0.15, -0.1) is 0 Å². The van der Waals surface area contributed by atoms with Gasteiger partial charge in [0, 0.05) is 30.6 Å². The summed E-state index contributed by atoms with van der Waals surface area (Å²) in [5, 5.41) is 3.05. The van der Waals surface area contributed by atoms with E-state index in [0.717, 1.165) is 0 Å². The van der Waals surface area contributed by atoms with Crippen molar-refractivity contribution in [3.8, 4) is 0 Å². The standard InChI is InChI=1S/C23H31N3O5S/c1-16(2)17(3)25-22(27)18-10-12-26(13-11-18)23(28)19-6-8-21(9-7-19)32(29,30)24-15-20-5-4-14-31-20/h4-9,14,16-18,24H,10-13,15H2,1-3H3,(H,25,27). The quantitative estimate of drug-likeness (QED) is 0.628. The van der Waals surface area contributed by atoms with Gasteiger partial charge in [0.2, 0.25) is 15.9 Å². The number of hydrogen-bond donors (Lipinski definition) is 2. The maximum atomic E-state index is 12.8. The number of likely N-dealkylation sites (tertiary alicyclic amines) is 1. The maximum absolute atomic E-state index is 12.8. The molecule has 0 spiro atoms. The zero-order chi connectivity index (χ0) is 23.3. The zero-order valence-corrected chi connectivity index (χ0v) is 19.5. The summed E-state index contributed by atoms with van der Waals surface area (Å²) in [4.78, 5) is 27.1. The Kier molecular flexibility index (Phi) is 7.73. The Bertz CT molecular complexity index is 1010. The second kappa shape index (κ2) is 10.3. The van der Waals surface area contributed by atoms with Gasteiger partial charge in [-0.2, -0.15) is 0 Å². The van der Waals surface area contributed by atoms with Crippen LogP contribution in [0, 0.1) is 11.8 Å². The molecule has 174 valence electrons. The molecule has 2 N–H and O–H groups in total. The lowest BCUT2D eigenvalue weighted by Crippen LogP contribution is -2.45. The van der Waals surface area contributed by atoms with Crippen LogP contribution in [0.4, 0.5) is 0 Å². The van der Waals surface area contributed by atoms with Crippen molar-refractivity contribution in [1.29, 1.82) is 0 Å². The monoisotopic (exact) mass is 461 g/mol. The average Bonchev–Trinajstić information content (AvgIpc) is 3.31. The van der Waals surface area contributed by atoms with Crippen molar-refractivity contribution in [2.75, 3.05) is 13.1 Å². The van der Waals surface area contributed by atoms with Gasteiger partial charge in [0.1, 0.15) is 5.76 Å². The van der Waals surface area contributed by atoms with Gasteiger partial charge in [-0.25, -0.2) is 13.1 Å². The lowest BCUT2D eigenvalue weighted by Gasteiger charge is -2.32. The van der Waals surface area contributed by atoms with Gasteiger partial charge < -0.3 is 14.6 Å². The minimum absolute atomic E-state index is 0.0501. The molecule has 2 amide bonds. The predicted molar refractivity (Wildman–Crippen MR) is 120 cm³/mol. The number of nitrogens with zero attached hydrogens (tertiary/aromatic N) is 1. The third-order valence-electron chi connectivity index (χ3n) is 5.95. The third kappa shape index (κ3) is 5.98. The summed E-state index contributed by atoms with van der Waals surface area (Å²) in [5.74, 6) is 0.679. The maximum Gasteiger partial charge on any atom is 0.253 e. The first-order valence-electron chi connectivity index (χ1n) is 10.9. The van der Waals surface area contributed by atoms with Gasteiger partial charge in [0.05, 0.1) is 17.7 Å². The third-order valence-corrected chi connectivity index (χ3v) is 7.37. The zero-order valence-electron chi connectivity index (χ0n) is 18.7. The fourth-order valence-electron chi connectivity index (χ4n) is 3.48. The van der Waals surface area contributed by atoms with Crippen LogP contribution in [-0.2, 0) is 21.4 Å². The number of piperidine rings is 1. The summed E-state index contributed by atoms with van der Waals surface area (Å²) in [7, 11) is -3.72. The van der Waals surface area contributed by atoms with Gasteiger partial charge >= 0.3 is 0 Å². The fraction of sp³-hybridized carbons (Fsp3) is 0.478. The van der Waals surface area contributed by atoms with E-state index >= 15 is 0 Å². The van der Waals surface area contributed by atoms with Crippen molar-refractivity contribution in [3.63, 3.8) is 0 Å². The molecule has 0 radical (unpaired) electrons. The van der Waals surface area contributed by atoms with Crippen molar-refractivity contribution in [3.05, 3.63) is 54.0 Å². The molecular formula is C23H31N3O5S. The molecular weight excluding hydrogens is 430 g/mol. The van der Waals surface area contributed by atoms with Gasteiger partial charge in [-0.3, -0.25) is 9.59 Å². The van der Waals surface area contributed by atoms with E-state index in [1.165, 1.54) is 30.5 Å². The minimum Gasteiger partial charge on any atom is -0.468 e. The molecule has 1 aliphatic heterocycles. The van der Waals surface area contributed by atoms with Crippen molar-refractivity contribution < 1.29 is 22.4 Å². The Morgan fingerprint density at radius 2 is 1.75 bits per heavy atom. The lowest BCUT2D eigenvalue weighted by atomic mass is 9.94. The van der Waals surface area contributed by atoms with E-state index in [0.29, 0.717) is 43.2 Å². The number of carbonyl (C=O) groups is 2. The van der Waals surface area contributed by atoms with Crippen LogP contribution in [0.1, 0.15) is 49.7 Å². The molecule has 1 unspecified atom stereocenters. The van der Waals surface area contributed by atoms with Crippen molar-refractivity contribution in [2.45, 2.75) is 51.1 Å². The van der Waals surface area contributed by atoms with Crippen LogP contribution >= 0.6 is 0 Å². The molecule has 1 fully saturated rings. The first-order valence-corrected chi connectivity index (χ1v) is 12.4. The summed E-state index contributed by atoms with van der Waals surface area (Å²) >= 11 is 0. The Hall–Kier alpha value is -2.65. The molecule has 0 aliphatic carbocycles. The van der Waals surface area contributed by atoms with Gasteiger partial charge in [-0.1, -0.05) is 13.8 Å². The lowest BCUT2D eigenvalue weighted by molar-refractivity contribution is -0.127. The first kappa shape index (κ1) is 24.0. The molecule has 0 saturated carbocycles. The summed E-state index contributed by atoms with van der Waals surface area (Å²) in [6.45, 7) is 7.18. The molecule has 1 saturated heterocycles. The SMILES string of the molecule is CC(C)C(C)NC(=O)C1CCN(C(=O)c2ccc(S(=O)(=O)NCc3ccco3)cc2)CC1. The Morgan fingerprint density at radius 3 is 2.31 bits per heavy atom. The highest BCUT2D eigenvalue weighted by molar-refractivity contribution is 7.89. The summed E-state index contributed by atoms with van der Waals surface area (Å²) in [6, 6.07) is 9.37. The molecule has 2 heterocycles. The molecule has 9 heteroatoms. The number of hydrogen-bond acceptors (Lipinski definition) is 5. The van der Waals surface area contributed by atoms with E-state index in [-0.39, 0.29) is 35.2 Å². The number of furan rings is 1. The normalized spacial score (nSPS) is 16.2. The molecule has 1 aliphatic rings. The highest BCUT2D eigenvalue weighted by Gasteiger charge is 2.29. The summed E-state index contributed by atoms with van der Waals surface area (Å²) in [5.41, 5.74) is 0.423. The van der Waals surface area contributed by atoms with Gasteiger partial charge in [0.15, 0.2) is 0 Å². The molecule has 8 nitrogen and oxygen atoms in total. The number of sulfonamides is 1. The van der Waals surface area contributed by atoms with Crippen molar-refractivity contribution in [1.82, 2.24) is 14.9 Å². The molecule has 2 aromatic rings. The van der Waals surface area contributed by atoms with E-state index < -0.39 is 10.0 Å². The van der Waals surface area contributed by atoms with Crippen LogP contribution in [0.2, 0.25) is 0 Å². The number of carbonyl (C=O) groups excluding carboxylic acids is 2. The van der Waals surface area contributed by atoms with E-state index in [9.17, 15) is 18.0 Å². The summed E-state index contributed by atoms with van der Waals surface area (Å²) < 4.78 is 32.5. The van der Waals surface area contributed by atoms with E-state index in [1.807, 2.05) is 6.92 Å². The second-order valence-corrected chi connectivity index (χ2v) is 10.3. The van der Waals surface area contributed by atoms with Crippen LogP contribution in [0.25, 0.3) is 0 Å². The number of nitrogens with one attached hydrogen (secondary N) is 2. The van der Waals surface area contributed by atoms with Crippen molar-refractivity contribution in [2.24, 2.45) is 11.8 Å². The molecule has 1 atom stereocenters. The van der Waals surface area contributed by atoms with Crippen LogP contribution in [0.15, 0.2) is 52.0 Å². The average molecular weight is 462 g/mol. The topological polar surface area (TPSA) is 109 Å². The highest BCUT2D eigenvalue weighted by Crippen LogP contribution is 2.21. The van der Waals surface area contributed by atoms with Crippen LogP contribution < -0.4 is 10.0 Å². The van der Waals surface area contributed by atoms with E-state index in [2.05, 4.69) is 23.9 Å². The molecule has 32 heavy (non-hydrogen) atoms. The van der Waals surface area contributed by atoms with E-state index in [1.54, 1.807) is 17.0 Å². The van der Waals surface area contributed by atoms with Crippen LogP contribution in [0.5, 0.6) is 0 Å². The highest BCUT2D eigenvalue weighted by atomic mass is 32.2. The molecule has 1 aromatic carbocycles. The number of benzene rings is 1. The second-order valence-electron chi connectivity index (χ2n) is 8.54.